The third kappa shape index (κ3) is 4.38. The zero-order valence-electron chi connectivity index (χ0n) is 12.7. The minimum absolute atomic E-state index is 0.467. The van der Waals surface area contributed by atoms with Crippen LogP contribution in [0.5, 0.6) is 5.75 Å². The van der Waals surface area contributed by atoms with Crippen LogP contribution in [-0.2, 0) is 19.7 Å². The normalized spacial score (nSPS) is 10.7. The first kappa shape index (κ1) is 15.7. The van der Waals surface area contributed by atoms with E-state index in [1.54, 1.807) is 6.26 Å². The summed E-state index contributed by atoms with van der Waals surface area (Å²) >= 11 is 6.17. The first-order valence-corrected chi connectivity index (χ1v) is 7.99. The van der Waals surface area contributed by atoms with E-state index in [9.17, 15) is 0 Å². The van der Waals surface area contributed by atoms with Gasteiger partial charge in [0.25, 0.3) is 0 Å². The SMILES string of the molecule is Clc1ccccc1COc1ccccc1C[NH2+]Cc1ccco1. The predicted molar refractivity (Wildman–Crippen MR) is 90.3 cm³/mol. The highest BCUT2D eigenvalue weighted by Crippen LogP contribution is 2.21. The summed E-state index contributed by atoms with van der Waals surface area (Å²) < 4.78 is 11.3. The Morgan fingerprint density at radius 3 is 2.43 bits per heavy atom. The van der Waals surface area contributed by atoms with Crippen LogP contribution in [0.1, 0.15) is 16.9 Å². The van der Waals surface area contributed by atoms with Crippen LogP contribution in [0.2, 0.25) is 5.02 Å². The van der Waals surface area contributed by atoms with E-state index in [2.05, 4.69) is 11.4 Å². The van der Waals surface area contributed by atoms with Crippen LogP contribution in [0.3, 0.4) is 0 Å². The number of rotatable bonds is 7. The van der Waals surface area contributed by atoms with Crippen LogP contribution >= 0.6 is 11.6 Å². The van der Waals surface area contributed by atoms with Gasteiger partial charge in [-0.05, 0) is 30.3 Å². The number of hydrogen-bond acceptors (Lipinski definition) is 2. The molecule has 3 rings (SSSR count). The number of hydrogen-bond donors (Lipinski definition) is 1. The van der Waals surface area contributed by atoms with E-state index in [1.165, 1.54) is 0 Å². The number of halogens is 1. The molecule has 0 bridgehead atoms. The Balaban J connectivity index is 1.60. The molecule has 3 aromatic rings. The molecule has 2 aromatic carbocycles. The topological polar surface area (TPSA) is 39.0 Å². The number of furan rings is 1. The lowest BCUT2D eigenvalue weighted by Crippen LogP contribution is -2.80. The van der Waals surface area contributed by atoms with Crippen molar-refractivity contribution in [2.75, 3.05) is 0 Å². The smallest absolute Gasteiger partial charge is 0.157 e. The molecule has 0 amide bonds. The number of quaternary nitrogens is 1. The summed E-state index contributed by atoms with van der Waals surface area (Å²) in [7, 11) is 0. The van der Waals surface area contributed by atoms with Crippen molar-refractivity contribution in [2.24, 2.45) is 0 Å². The third-order valence-corrected chi connectivity index (χ3v) is 3.97. The van der Waals surface area contributed by atoms with Gasteiger partial charge in [0.1, 0.15) is 25.4 Å². The summed E-state index contributed by atoms with van der Waals surface area (Å²) in [5, 5.41) is 2.92. The van der Waals surface area contributed by atoms with E-state index in [1.807, 2.05) is 54.6 Å². The van der Waals surface area contributed by atoms with Crippen molar-refractivity contribution in [3.05, 3.63) is 88.8 Å². The minimum Gasteiger partial charge on any atom is -0.488 e. The summed E-state index contributed by atoms with van der Waals surface area (Å²) in [6.07, 6.45) is 1.70. The second kappa shape index (κ2) is 7.86. The van der Waals surface area contributed by atoms with Gasteiger partial charge in [-0.3, -0.25) is 0 Å². The van der Waals surface area contributed by atoms with E-state index in [-0.39, 0.29) is 0 Å². The largest absolute Gasteiger partial charge is 0.488 e. The fourth-order valence-electron chi connectivity index (χ4n) is 2.38. The molecule has 0 aliphatic heterocycles. The maximum Gasteiger partial charge on any atom is 0.157 e. The van der Waals surface area contributed by atoms with Gasteiger partial charge in [-0.15, -0.1) is 0 Å². The van der Waals surface area contributed by atoms with Gasteiger partial charge in [0.2, 0.25) is 0 Å². The van der Waals surface area contributed by atoms with Crippen molar-refractivity contribution in [2.45, 2.75) is 19.7 Å². The Bertz CT molecular complexity index is 741. The molecule has 0 spiro atoms. The molecule has 2 N–H and O–H groups in total. The van der Waals surface area contributed by atoms with Crippen LogP contribution < -0.4 is 10.1 Å². The summed E-state index contributed by atoms with van der Waals surface area (Å²) in [6.45, 7) is 2.11. The predicted octanol–water partition coefficient (Wildman–Crippen LogP) is 3.78. The molecule has 1 heterocycles. The van der Waals surface area contributed by atoms with Gasteiger partial charge in [0, 0.05) is 16.1 Å². The Morgan fingerprint density at radius 1 is 0.870 bits per heavy atom. The Kier molecular flexibility index (Phi) is 5.35. The van der Waals surface area contributed by atoms with Crippen molar-refractivity contribution < 1.29 is 14.5 Å². The zero-order chi connectivity index (χ0) is 15.9. The zero-order valence-corrected chi connectivity index (χ0v) is 13.5. The molecule has 118 valence electrons. The maximum absolute atomic E-state index is 6.17. The lowest BCUT2D eigenvalue weighted by Gasteiger charge is -2.11. The molecule has 0 fully saturated rings. The molecule has 0 saturated heterocycles. The lowest BCUT2D eigenvalue weighted by atomic mass is 10.2. The second-order valence-electron chi connectivity index (χ2n) is 5.26. The highest BCUT2D eigenvalue weighted by molar-refractivity contribution is 6.31. The molecule has 4 heteroatoms. The quantitative estimate of drug-likeness (QED) is 0.717. The Morgan fingerprint density at radius 2 is 1.65 bits per heavy atom. The van der Waals surface area contributed by atoms with E-state index in [0.717, 1.165) is 40.7 Å². The fraction of sp³-hybridized carbons (Fsp3) is 0.158. The monoisotopic (exact) mass is 328 g/mol. The summed E-state index contributed by atoms with van der Waals surface area (Å²) in [6, 6.07) is 19.7. The number of nitrogens with two attached hydrogens (primary N) is 1. The van der Waals surface area contributed by atoms with Gasteiger partial charge in [-0.1, -0.05) is 41.9 Å². The molecule has 0 aliphatic rings. The average Bonchev–Trinajstić information content (AvgIpc) is 3.09. The lowest BCUT2D eigenvalue weighted by molar-refractivity contribution is -0.688. The Hall–Kier alpha value is -2.23. The molecule has 23 heavy (non-hydrogen) atoms. The van der Waals surface area contributed by atoms with Crippen LogP contribution in [0, 0.1) is 0 Å². The Labute approximate surface area is 140 Å². The highest BCUT2D eigenvalue weighted by atomic mass is 35.5. The number of benzene rings is 2. The average molecular weight is 329 g/mol. The van der Waals surface area contributed by atoms with E-state index >= 15 is 0 Å². The summed E-state index contributed by atoms with van der Waals surface area (Å²) in [5.41, 5.74) is 2.15. The van der Waals surface area contributed by atoms with Crippen molar-refractivity contribution in [1.82, 2.24) is 0 Å². The molecular weight excluding hydrogens is 310 g/mol. The molecule has 0 saturated carbocycles. The summed E-state index contributed by atoms with van der Waals surface area (Å²) in [4.78, 5) is 0. The standard InChI is InChI=1S/C19H18ClNO2/c20-18-9-3-1-7-16(18)14-23-19-10-4-2-6-15(19)12-21-13-17-8-5-11-22-17/h1-11,21H,12-14H2/p+1. The van der Waals surface area contributed by atoms with E-state index in [0.29, 0.717) is 6.61 Å². The van der Waals surface area contributed by atoms with E-state index in [4.69, 9.17) is 20.8 Å². The van der Waals surface area contributed by atoms with Gasteiger partial charge in [-0.25, -0.2) is 0 Å². The molecule has 0 radical (unpaired) electrons. The van der Waals surface area contributed by atoms with E-state index < -0.39 is 0 Å². The molecule has 0 atom stereocenters. The first-order valence-electron chi connectivity index (χ1n) is 7.61. The van der Waals surface area contributed by atoms with Gasteiger partial charge in [0.15, 0.2) is 5.76 Å². The molecule has 3 nitrogen and oxygen atoms in total. The van der Waals surface area contributed by atoms with Crippen LogP contribution in [0.25, 0.3) is 0 Å². The summed E-state index contributed by atoms with van der Waals surface area (Å²) in [5.74, 6) is 1.86. The van der Waals surface area contributed by atoms with Gasteiger partial charge >= 0.3 is 0 Å². The fourth-order valence-corrected chi connectivity index (χ4v) is 2.57. The molecule has 0 aliphatic carbocycles. The second-order valence-corrected chi connectivity index (χ2v) is 5.67. The van der Waals surface area contributed by atoms with Gasteiger partial charge < -0.3 is 14.5 Å². The van der Waals surface area contributed by atoms with Crippen molar-refractivity contribution in [1.29, 1.82) is 0 Å². The highest BCUT2D eigenvalue weighted by Gasteiger charge is 2.07. The van der Waals surface area contributed by atoms with Crippen LogP contribution in [0.4, 0.5) is 0 Å². The maximum atomic E-state index is 6.17. The van der Waals surface area contributed by atoms with Crippen molar-refractivity contribution in [3.63, 3.8) is 0 Å². The third-order valence-electron chi connectivity index (χ3n) is 3.60. The van der Waals surface area contributed by atoms with Gasteiger partial charge in [-0.2, -0.15) is 0 Å². The number of para-hydroxylation sites is 1. The van der Waals surface area contributed by atoms with Crippen LogP contribution in [0.15, 0.2) is 71.3 Å². The van der Waals surface area contributed by atoms with Crippen LogP contribution in [-0.4, -0.2) is 0 Å². The molecular formula is C19H19ClNO2+. The van der Waals surface area contributed by atoms with Gasteiger partial charge in [0.05, 0.1) is 6.26 Å². The number of ether oxygens (including phenoxy) is 1. The first-order chi connectivity index (χ1) is 11.3. The minimum atomic E-state index is 0.467. The van der Waals surface area contributed by atoms with Crippen molar-refractivity contribution >= 4 is 11.6 Å². The molecule has 1 aromatic heterocycles. The molecule has 0 unspecified atom stereocenters. The van der Waals surface area contributed by atoms with Crippen molar-refractivity contribution in [3.8, 4) is 5.75 Å².